The fourth-order valence-corrected chi connectivity index (χ4v) is 4.32. The van der Waals surface area contributed by atoms with Crippen LogP contribution in [0.5, 0.6) is 0 Å². The second-order valence-electron chi connectivity index (χ2n) is 5.74. The molecule has 23 heavy (non-hydrogen) atoms. The van der Waals surface area contributed by atoms with Crippen molar-refractivity contribution in [2.45, 2.75) is 25.0 Å². The molecule has 0 spiro atoms. The third-order valence-corrected chi connectivity index (χ3v) is 6.15. The van der Waals surface area contributed by atoms with Gasteiger partial charge in [0.25, 0.3) is 0 Å². The van der Waals surface area contributed by atoms with Crippen molar-refractivity contribution >= 4 is 27.7 Å². The van der Waals surface area contributed by atoms with Crippen LogP contribution in [0.1, 0.15) is 25.0 Å². The summed E-state index contributed by atoms with van der Waals surface area (Å²) in [5, 5.41) is 2.92. The maximum absolute atomic E-state index is 12.1. The first-order valence-corrected chi connectivity index (χ1v) is 10.8. The van der Waals surface area contributed by atoms with Gasteiger partial charge in [0.05, 0.1) is 24.2 Å². The van der Waals surface area contributed by atoms with Crippen molar-refractivity contribution in [1.29, 1.82) is 0 Å². The van der Waals surface area contributed by atoms with E-state index in [0.29, 0.717) is 19.6 Å². The van der Waals surface area contributed by atoms with Gasteiger partial charge in [-0.2, -0.15) is 11.8 Å². The van der Waals surface area contributed by atoms with Crippen LogP contribution in [0.25, 0.3) is 0 Å². The lowest BCUT2D eigenvalue weighted by molar-refractivity contribution is -0.126. The van der Waals surface area contributed by atoms with Crippen LogP contribution in [0.3, 0.4) is 0 Å². The monoisotopic (exact) mass is 360 g/mol. The molecule has 1 aliphatic rings. The Balaban J connectivity index is 1.61. The fourth-order valence-electron chi connectivity index (χ4n) is 2.56. The molecule has 1 fully saturated rings. The highest BCUT2D eigenvalue weighted by atomic mass is 32.2. The first kappa shape index (κ1) is 18.4. The molecule has 8 heteroatoms. The molecule has 0 bridgehead atoms. The van der Waals surface area contributed by atoms with Gasteiger partial charge in [0.15, 0.2) is 0 Å². The van der Waals surface area contributed by atoms with Crippen molar-refractivity contribution in [3.05, 3.63) is 24.2 Å². The van der Waals surface area contributed by atoms with Gasteiger partial charge in [0, 0.05) is 19.6 Å². The summed E-state index contributed by atoms with van der Waals surface area (Å²) in [7, 11) is -3.21. The summed E-state index contributed by atoms with van der Waals surface area (Å²) >= 11 is 1.77. The molecule has 2 heterocycles. The molecule has 1 aromatic rings. The molecule has 1 unspecified atom stereocenters. The average molecular weight is 361 g/mol. The smallest absolute Gasteiger partial charge is 0.224 e. The maximum Gasteiger partial charge on any atom is 0.224 e. The van der Waals surface area contributed by atoms with Crippen LogP contribution in [0.15, 0.2) is 22.8 Å². The normalized spacial score (nSPS) is 19.6. The predicted molar refractivity (Wildman–Crippen MR) is 91.6 cm³/mol. The summed E-state index contributed by atoms with van der Waals surface area (Å²) in [4.78, 5) is 12.1. The highest BCUT2D eigenvalue weighted by Crippen LogP contribution is 2.19. The van der Waals surface area contributed by atoms with Crippen molar-refractivity contribution in [3.63, 3.8) is 0 Å². The van der Waals surface area contributed by atoms with Crippen molar-refractivity contribution < 1.29 is 17.6 Å². The summed E-state index contributed by atoms with van der Waals surface area (Å²) < 4.78 is 29.8. The lowest BCUT2D eigenvalue weighted by Gasteiger charge is -2.30. The van der Waals surface area contributed by atoms with E-state index in [2.05, 4.69) is 5.32 Å². The van der Waals surface area contributed by atoms with Gasteiger partial charge in [-0.05, 0) is 37.1 Å². The highest BCUT2D eigenvalue weighted by Gasteiger charge is 2.29. The van der Waals surface area contributed by atoms with Gasteiger partial charge < -0.3 is 9.73 Å². The lowest BCUT2D eigenvalue weighted by atomic mass is 9.99. The number of piperidine rings is 1. The second-order valence-corrected chi connectivity index (χ2v) is 8.82. The van der Waals surface area contributed by atoms with Gasteiger partial charge in [-0.1, -0.05) is 0 Å². The highest BCUT2D eigenvalue weighted by molar-refractivity contribution is 7.98. The van der Waals surface area contributed by atoms with Crippen LogP contribution in [-0.2, 0) is 20.6 Å². The maximum atomic E-state index is 12.1. The summed E-state index contributed by atoms with van der Waals surface area (Å²) in [5.41, 5.74) is 0. The van der Waals surface area contributed by atoms with Crippen molar-refractivity contribution in [2.24, 2.45) is 5.92 Å². The van der Waals surface area contributed by atoms with E-state index in [-0.39, 0.29) is 11.8 Å². The standard InChI is InChI=1S/C15H24N2O4S2/c1-23(19,20)17-8-2-5-13(11-17)15(18)16-7-4-10-22-12-14-6-3-9-21-14/h3,6,9,13H,2,4-5,7-8,10-12H2,1H3,(H,16,18). The number of nitrogens with one attached hydrogen (secondary N) is 1. The second kappa shape index (κ2) is 8.75. The van der Waals surface area contributed by atoms with Crippen LogP contribution >= 0.6 is 11.8 Å². The Bertz CT molecular complexity index is 587. The minimum atomic E-state index is -3.21. The molecule has 1 amide bonds. The Labute approximate surface area is 142 Å². The Hall–Kier alpha value is -0.990. The number of hydrogen-bond acceptors (Lipinski definition) is 5. The molecule has 130 valence electrons. The summed E-state index contributed by atoms with van der Waals surface area (Å²) in [5.74, 6) is 2.49. The molecular formula is C15H24N2O4S2. The van der Waals surface area contributed by atoms with Crippen LogP contribution in [-0.4, -0.2) is 50.3 Å². The first-order chi connectivity index (χ1) is 11.0. The molecule has 1 N–H and O–H groups in total. The molecule has 1 atom stereocenters. The van der Waals surface area contributed by atoms with E-state index in [0.717, 1.165) is 36.5 Å². The van der Waals surface area contributed by atoms with E-state index in [4.69, 9.17) is 4.42 Å². The Morgan fingerprint density at radius 2 is 2.35 bits per heavy atom. The van der Waals surface area contributed by atoms with Crippen LogP contribution < -0.4 is 5.32 Å². The van der Waals surface area contributed by atoms with Gasteiger partial charge in [0.1, 0.15) is 5.76 Å². The average Bonchev–Trinajstić information content (AvgIpc) is 3.03. The molecular weight excluding hydrogens is 336 g/mol. The molecule has 0 aliphatic carbocycles. The molecule has 2 rings (SSSR count). The number of hydrogen-bond donors (Lipinski definition) is 1. The number of amides is 1. The number of carbonyl (C=O) groups is 1. The van der Waals surface area contributed by atoms with E-state index < -0.39 is 10.0 Å². The number of furan rings is 1. The van der Waals surface area contributed by atoms with E-state index in [1.54, 1.807) is 18.0 Å². The van der Waals surface area contributed by atoms with Crippen molar-refractivity contribution in [2.75, 3.05) is 31.6 Å². The number of carbonyl (C=O) groups excluding carboxylic acids is 1. The zero-order chi connectivity index (χ0) is 16.7. The predicted octanol–water partition coefficient (Wildman–Crippen LogP) is 1.69. The van der Waals surface area contributed by atoms with Gasteiger partial charge in [-0.3, -0.25) is 4.79 Å². The SMILES string of the molecule is CS(=O)(=O)N1CCCC(C(=O)NCCCSCc2ccco2)C1. The minimum Gasteiger partial charge on any atom is -0.468 e. The summed E-state index contributed by atoms with van der Waals surface area (Å²) in [6.45, 7) is 1.45. The Morgan fingerprint density at radius 1 is 1.52 bits per heavy atom. The van der Waals surface area contributed by atoms with Gasteiger partial charge in [-0.15, -0.1) is 0 Å². The Morgan fingerprint density at radius 3 is 3.04 bits per heavy atom. The topological polar surface area (TPSA) is 79.6 Å². The molecule has 1 saturated heterocycles. The largest absolute Gasteiger partial charge is 0.468 e. The summed E-state index contributed by atoms with van der Waals surface area (Å²) in [6, 6.07) is 3.82. The third kappa shape index (κ3) is 6.19. The number of sulfonamides is 1. The van der Waals surface area contributed by atoms with E-state index in [1.165, 1.54) is 10.6 Å². The zero-order valence-electron chi connectivity index (χ0n) is 13.4. The quantitative estimate of drug-likeness (QED) is 0.714. The minimum absolute atomic E-state index is 0.0330. The number of nitrogens with zero attached hydrogens (tertiary/aromatic N) is 1. The molecule has 0 radical (unpaired) electrons. The van der Waals surface area contributed by atoms with E-state index in [1.807, 2.05) is 12.1 Å². The number of thioether (sulfide) groups is 1. The lowest BCUT2D eigenvalue weighted by Crippen LogP contribution is -2.45. The summed E-state index contributed by atoms with van der Waals surface area (Å²) in [6.07, 6.45) is 5.25. The van der Waals surface area contributed by atoms with Crippen LogP contribution in [0, 0.1) is 5.92 Å². The van der Waals surface area contributed by atoms with Crippen LogP contribution in [0.2, 0.25) is 0 Å². The van der Waals surface area contributed by atoms with Crippen molar-refractivity contribution in [3.8, 4) is 0 Å². The molecule has 1 aliphatic heterocycles. The van der Waals surface area contributed by atoms with Crippen LogP contribution in [0.4, 0.5) is 0 Å². The molecule has 1 aromatic heterocycles. The molecule has 0 aromatic carbocycles. The van der Waals surface area contributed by atoms with Gasteiger partial charge >= 0.3 is 0 Å². The Kier molecular flexibility index (Phi) is 6.98. The van der Waals surface area contributed by atoms with Gasteiger partial charge in [-0.25, -0.2) is 12.7 Å². The fraction of sp³-hybridized carbons (Fsp3) is 0.667. The van der Waals surface area contributed by atoms with Gasteiger partial charge in [0.2, 0.25) is 15.9 Å². The number of rotatable bonds is 8. The third-order valence-electron chi connectivity index (χ3n) is 3.81. The molecule has 6 nitrogen and oxygen atoms in total. The molecule has 0 saturated carbocycles. The zero-order valence-corrected chi connectivity index (χ0v) is 15.0. The van der Waals surface area contributed by atoms with Crippen molar-refractivity contribution in [1.82, 2.24) is 9.62 Å². The van der Waals surface area contributed by atoms with E-state index in [9.17, 15) is 13.2 Å². The first-order valence-electron chi connectivity index (χ1n) is 7.80. The van der Waals surface area contributed by atoms with E-state index >= 15 is 0 Å².